The Morgan fingerprint density at radius 1 is 1.37 bits per heavy atom. The summed E-state index contributed by atoms with van der Waals surface area (Å²) in [7, 11) is 0. The first-order valence-electron chi connectivity index (χ1n) is 6.78. The zero-order valence-corrected chi connectivity index (χ0v) is 11.2. The van der Waals surface area contributed by atoms with Gasteiger partial charge in [0.05, 0.1) is 17.9 Å². The topological polar surface area (TPSA) is 43.6 Å². The molecule has 0 radical (unpaired) electrons. The number of aromatic nitrogens is 4. The van der Waals surface area contributed by atoms with Crippen LogP contribution in [0.25, 0.3) is 0 Å². The molecule has 0 unspecified atom stereocenters. The maximum Gasteiger partial charge on any atom is 0.0861 e. The van der Waals surface area contributed by atoms with E-state index < -0.39 is 0 Å². The zero-order chi connectivity index (χ0) is 13.1. The summed E-state index contributed by atoms with van der Waals surface area (Å²) in [6, 6.07) is 4.09. The van der Waals surface area contributed by atoms with E-state index in [-0.39, 0.29) is 0 Å². The van der Waals surface area contributed by atoms with E-state index in [1.54, 1.807) is 0 Å². The highest BCUT2D eigenvalue weighted by Crippen LogP contribution is 2.27. The lowest BCUT2D eigenvalue weighted by atomic mass is 9.92. The third-order valence-corrected chi connectivity index (χ3v) is 3.54. The molecule has 0 saturated heterocycles. The molecule has 0 aromatic carbocycles. The van der Waals surface area contributed by atoms with Gasteiger partial charge in [-0.3, -0.25) is 4.98 Å². The van der Waals surface area contributed by atoms with Crippen LogP contribution in [0, 0.1) is 6.92 Å². The summed E-state index contributed by atoms with van der Waals surface area (Å²) in [5, 5.41) is 8.53. The Kier molecular flexibility index (Phi) is 3.40. The smallest absolute Gasteiger partial charge is 0.0861 e. The second-order valence-electron chi connectivity index (χ2n) is 5.15. The van der Waals surface area contributed by atoms with Crippen LogP contribution in [0.4, 0.5) is 0 Å². The van der Waals surface area contributed by atoms with Gasteiger partial charge in [-0.1, -0.05) is 17.4 Å². The highest BCUT2D eigenvalue weighted by atomic mass is 15.4. The molecule has 0 spiro atoms. The molecule has 0 N–H and O–H groups in total. The van der Waals surface area contributed by atoms with E-state index in [9.17, 15) is 0 Å². The van der Waals surface area contributed by atoms with Crippen LogP contribution in [0.1, 0.15) is 42.1 Å². The Balaban J connectivity index is 1.72. The number of pyridine rings is 1. The summed E-state index contributed by atoms with van der Waals surface area (Å²) in [5.41, 5.74) is 3.36. The van der Waals surface area contributed by atoms with Gasteiger partial charge >= 0.3 is 0 Å². The number of hydrogen-bond acceptors (Lipinski definition) is 3. The molecule has 2 aromatic rings. The molecule has 98 valence electrons. The molecule has 2 heterocycles. The molecule has 0 fully saturated rings. The molecule has 3 rings (SSSR count). The van der Waals surface area contributed by atoms with Gasteiger partial charge in [-0.15, -0.1) is 5.10 Å². The number of nitrogens with zero attached hydrogens (tertiary/aromatic N) is 4. The molecule has 1 aliphatic rings. The van der Waals surface area contributed by atoms with Crippen LogP contribution < -0.4 is 0 Å². The molecule has 0 saturated carbocycles. The molecule has 0 aliphatic heterocycles. The van der Waals surface area contributed by atoms with Gasteiger partial charge in [0.1, 0.15) is 0 Å². The van der Waals surface area contributed by atoms with Crippen molar-refractivity contribution >= 4 is 0 Å². The molecule has 19 heavy (non-hydrogen) atoms. The van der Waals surface area contributed by atoms with Crippen LogP contribution in [-0.2, 0) is 6.54 Å². The lowest BCUT2D eigenvalue weighted by Gasteiger charge is -2.13. The lowest BCUT2D eigenvalue weighted by molar-refractivity contribution is 0.598. The highest BCUT2D eigenvalue weighted by Gasteiger charge is 2.15. The summed E-state index contributed by atoms with van der Waals surface area (Å²) in [5.74, 6) is 0.532. The fourth-order valence-electron chi connectivity index (χ4n) is 2.49. The lowest BCUT2D eigenvalue weighted by Crippen LogP contribution is -2.03. The van der Waals surface area contributed by atoms with E-state index in [0.29, 0.717) is 12.5 Å². The first-order chi connectivity index (χ1) is 9.31. The van der Waals surface area contributed by atoms with Gasteiger partial charge in [-0.05, 0) is 43.9 Å². The van der Waals surface area contributed by atoms with Crippen molar-refractivity contribution in [1.29, 1.82) is 0 Å². The van der Waals surface area contributed by atoms with Crippen molar-refractivity contribution < 1.29 is 0 Å². The third-order valence-electron chi connectivity index (χ3n) is 3.54. The van der Waals surface area contributed by atoms with E-state index in [0.717, 1.165) is 24.2 Å². The predicted octanol–water partition coefficient (Wildman–Crippen LogP) is 2.85. The average Bonchev–Trinajstić information content (AvgIpc) is 2.88. The summed E-state index contributed by atoms with van der Waals surface area (Å²) in [6.45, 7) is 2.77. The Morgan fingerprint density at radius 2 is 2.32 bits per heavy atom. The van der Waals surface area contributed by atoms with Crippen molar-refractivity contribution in [2.45, 2.75) is 38.6 Å². The Morgan fingerprint density at radius 3 is 3.11 bits per heavy atom. The van der Waals surface area contributed by atoms with Gasteiger partial charge in [0.2, 0.25) is 0 Å². The van der Waals surface area contributed by atoms with Gasteiger partial charge in [0.15, 0.2) is 0 Å². The van der Waals surface area contributed by atoms with Crippen molar-refractivity contribution in [3.8, 4) is 0 Å². The second kappa shape index (κ2) is 5.34. The number of aryl methyl sites for hydroxylation is 1. The summed E-state index contributed by atoms with van der Waals surface area (Å²) in [6.07, 6.45) is 11.8. The quantitative estimate of drug-likeness (QED) is 0.791. The molecule has 0 amide bonds. The fraction of sp³-hybridized carbons (Fsp3) is 0.400. The number of allylic oxidation sites excluding steroid dienone is 2. The molecule has 0 bridgehead atoms. The Hall–Kier alpha value is -1.97. The van der Waals surface area contributed by atoms with Crippen LogP contribution >= 0.6 is 0 Å². The molecular weight excluding hydrogens is 236 g/mol. The maximum absolute atomic E-state index is 4.36. The largest absolute Gasteiger partial charge is 0.259 e. The van der Waals surface area contributed by atoms with Crippen LogP contribution in [0.3, 0.4) is 0 Å². The molecule has 4 heteroatoms. The molecule has 4 nitrogen and oxygen atoms in total. The monoisotopic (exact) mass is 254 g/mol. The van der Waals surface area contributed by atoms with Gasteiger partial charge in [0.25, 0.3) is 0 Å². The normalized spacial score (nSPS) is 18.7. The van der Waals surface area contributed by atoms with Crippen LogP contribution in [0.15, 0.2) is 36.7 Å². The average molecular weight is 254 g/mol. The molecule has 2 aromatic heterocycles. The summed E-state index contributed by atoms with van der Waals surface area (Å²) < 4.78 is 1.88. The van der Waals surface area contributed by atoms with Gasteiger partial charge in [-0.25, -0.2) is 4.68 Å². The van der Waals surface area contributed by atoms with E-state index in [4.69, 9.17) is 0 Å². The minimum atomic E-state index is 0.532. The number of rotatable bonds is 3. The van der Waals surface area contributed by atoms with E-state index in [1.165, 1.54) is 12.0 Å². The molecule has 1 atom stereocenters. The minimum Gasteiger partial charge on any atom is -0.259 e. The Labute approximate surface area is 113 Å². The van der Waals surface area contributed by atoms with E-state index in [1.807, 2.05) is 16.9 Å². The van der Waals surface area contributed by atoms with Crippen molar-refractivity contribution in [2.24, 2.45) is 0 Å². The van der Waals surface area contributed by atoms with Crippen molar-refractivity contribution in [2.75, 3.05) is 0 Å². The van der Waals surface area contributed by atoms with Gasteiger partial charge in [0, 0.05) is 18.3 Å². The van der Waals surface area contributed by atoms with E-state index in [2.05, 4.69) is 46.6 Å². The zero-order valence-electron chi connectivity index (χ0n) is 11.2. The SMILES string of the molecule is Cc1ccnc(Cn2cc([C@H]3CC=CCC3)nn2)c1. The highest BCUT2D eigenvalue weighted by molar-refractivity contribution is 5.15. The Bertz CT molecular complexity index is 585. The first-order valence-corrected chi connectivity index (χ1v) is 6.78. The van der Waals surface area contributed by atoms with Crippen LogP contribution in [-0.4, -0.2) is 20.0 Å². The third kappa shape index (κ3) is 2.89. The molecule has 1 aliphatic carbocycles. The summed E-state index contributed by atoms with van der Waals surface area (Å²) >= 11 is 0. The van der Waals surface area contributed by atoms with Gasteiger partial charge < -0.3 is 0 Å². The van der Waals surface area contributed by atoms with Crippen molar-refractivity contribution in [3.05, 3.63) is 53.6 Å². The number of hydrogen-bond donors (Lipinski definition) is 0. The summed E-state index contributed by atoms with van der Waals surface area (Å²) in [4.78, 5) is 4.36. The van der Waals surface area contributed by atoms with E-state index >= 15 is 0 Å². The fourth-order valence-corrected chi connectivity index (χ4v) is 2.49. The molecular formula is C15H18N4. The predicted molar refractivity (Wildman–Crippen MR) is 73.8 cm³/mol. The van der Waals surface area contributed by atoms with Crippen LogP contribution in [0.2, 0.25) is 0 Å². The standard InChI is InChI=1S/C15H18N4/c1-12-7-8-16-14(9-12)10-19-11-15(17-18-19)13-5-3-2-4-6-13/h2-3,7-9,11,13H,4-6,10H2,1H3/t13-/m0/s1. The second-order valence-corrected chi connectivity index (χ2v) is 5.15. The maximum atomic E-state index is 4.36. The first kappa shape index (κ1) is 12.1. The van der Waals surface area contributed by atoms with Crippen molar-refractivity contribution in [3.63, 3.8) is 0 Å². The van der Waals surface area contributed by atoms with Crippen molar-refractivity contribution in [1.82, 2.24) is 20.0 Å². The minimum absolute atomic E-state index is 0.532. The van der Waals surface area contributed by atoms with Gasteiger partial charge in [-0.2, -0.15) is 0 Å². The van der Waals surface area contributed by atoms with Crippen LogP contribution in [0.5, 0.6) is 0 Å².